The maximum Gasteiger partial charge on any atom is 0.324 e. The lowest BCUT2D eigenvalue weighted by Gasteiger charge is -2.15. The van der Waals surface area contributed by atoms with Crippen LogP contribution in [0.15, 0.2) is 47.4 Å². The molecule has 0 atom stereocenters. The van der Waals surface area contributed by atoms with Crippen LogP contribution in [-0.2, 0) is 21.4 Å². The van der Waals surface area contributed by atoms with E-state index >= 15 is 0 Å². The van der Waals surface area contributed by atoms with Crippen molar-refractivity contribution in [2.45, 2.75) is 11.4 Å². The molecule has 1 saturated heterocycles. The van der Waals surface area contributed by atoms with Gasteiger partial charge in [-0.2, -0.15) is 0 Å². The predicted octanol–water partition coefficient (Wildman–Crippen LogP) is 0.777. The first-order valence-corrected chi connectivity index (χ1v) is 9.50. The van der Waals surface area contributed by atoms with Crippen molar-refractivity contribution in [2.24, 2.45) is 5.14 Å². The lowest BCUT2D eigenvalue weighted by Crippen LogP contribution is -2.31. The molecule has 0 aliphatic carbocycles. The number of urea groups is 1. The van der Waals surface area contributed by atoms with Gasteiger partial charge >= 0.3 is 6.03 Å². The second-order valence-corrected chi connectivity index (χ2v) is 7.53. The number of anilines is 1. The van der Waals surface area contributed by atoms with E-state index in [1.807, 2.05) is 0 Å². The number of amides is 4. The summed E-state index contributed by atoms with van der Waals surface area (Å²) < 4.78 is 36.5. The van der Waals surface area contributed by atoms with Crippen molar-refractivity contribution >= 4 is 33.6 Å². The average molecular weight is 406 g/mol. The average Bonchev–Trinajstić information content (AvgIpc) is 2.93. The van der Waals surface area contributed by atoms with Crippen LogP contribution in [0.5, 0.6) is 0 Å². The van der Waals surface area contributed by atoms with Crippen LogP contribution in [0.1, 0.15) is 15.9 Å². The highest BCUT2D eigenvalue weighted by Gasteiger charge is 2.29. The first-order valence-electron chi connectivity index (χ1n) is 7.96. The molecule has 0 spiro atoms. The monoisotopic (exact) mass is 406 g/mol. The van der Waals surface area contributed by atoms with Gasteiger partial charge in [-0.3, -0.25) is 14.5 Å². The van der Waals surface area contributed by atoms with E-state index in [1.165, 1.54) is 6.07 Å². The zero-order valence-electron chi connectivity index (χ0n) is 14.3. The molecule has 146 valence electrons. The molecule has 0 saturated carbocycles. The van der Waals surface area contributed by atoms with Gasteiger partial charge in [-0.25, -0.2) is 22.7 Å². The molecule has 1 aliphatic rings. The number of halogens is 1. The number of nitrogens with one attached hydrogen (secondary N) is 2. The molecule has 4 N–H and O–H groups in total. The summed E-state index contributed by atoms with van der Waals surface area (Å²) in [6, 6.07) is 8.36. The minimum Gasteiger partial charge on any atom is -0.329 e. The van der Waals surface area contributed by atoms with Crippen molar-refractivity contribution in [2.75, 3.05) is 11.9 Å². The van der Waals surface area contributed by atoms with Crippen LogP contribution in [0.3, 0.4) is 0 Å². The minimum atomic E-state index is -4.16. The summed E-state index contributed by atoms with van der Waals surface area (Å²) in [6.45, 7) is -0.243. The Labute approximate surface area is 159 Å². The van der Waals surface area contributed by atoms with Crippen molar-refractivity contribution < 1.29 is 27.2 Å². The number of hydrogen-bond donors (Lipinski definition) is 3. The fraction of sp³-hybridized carbons (Fsp3) is 0.118. The largest absolute Gasteiger partial charge is 0.329 e. The van der Waals surface area contributed by atoms with Crippen LogP contribution in [0.2, 0.25) is 0 Å². The number of carbonyl (C=O) groups excluding carboxylic acids is 3. The Morgan fingerprint density at radius 2 is 1.93 bits per heavy atom. The lowest BCUT2D eigenvalue weighted by atomic mass is 10.1. The molecule has 1 fully saturated rings. The number of rotatable bonds is 5. The quantitative estimate of drug-likeness (QED) is 0.630. The molecule has 0 unspecified atom stereocenters. The van der Waals surface area contributed by atoms with Gasteiger partial charge in [-0.1, -0.05) is 18.2 Å². The zero-order valence-corrected chi connectivity index (χ0v) is 15.1. The van der Waals surface area contributed by atoms with Crippen LogP contribution in [0.4, 0.5) is 14.9 Å². The van der Waals surface area contributed by atoms with Gasteiger partial charge < -0.3 is 10.6 Å². The van der Waals surface area contributed by atoms with E-state index in [4.69, 9.17) is 5.14 Å². The summed E-state index contributed by atoms with van der Waals surface area (Å²) in [5.41, 5.74) is 0.406. The van der Waals surface area contributed by atoms with Gasteiger partial charge in [0.25, 0.3) is 5.91 Å². The van der Waals surface area contributed by atoms with Crippen molar-refractivity contribution in [3.63, 3.8) is 0 Å². The maximum atomic E-state index is 13.7. The highest BCUT2D eigenvalue weighted by molar-refractivity contribution is 7.89. The summed E-state index contributed by atoms with van der Waals surface area (Å²) in [6.07, 6.45) is 0. The SMILES string of the molecule is NS(=O)(=O)c1cc(F)cc(NC(=O)c2ccccc2CN2C(=O)CNC2=O)c1. The molecule has 2 aromatic carbocycles. The van der Waals surface area contributed by atoms with Gasteiger partial charge in [-0.05, 0) is 29.8 Å². The molecular weight excluding hydrogens is 391 g/mol. The summed E-state index contributed by atoms with van der Waals surface area (Å²) >= 11 is 0. The number of nitrogens with zero attached hydrogens (tertiary/aromatic N) is 1. The van der Waals surface area contributed by atoms with Crippen LogP contribution >= 0.6 is 0 Å². The van der Waals surface area contributed by atoms with Gasteiger partial charge in [0.05, 0.1) is 18.0 Å². The van der Waals surface area contributed by atoms with Gasteiger partial charge in [-0.15, -0.1) is 0 Å². The van der Waals surface area contributed by atoms with Gasteiger partial charge in [0.2, 0.25) is 15.9 Å². The molecular formula is C17H15FN4O5S. The summed E-state index contributed by atoms with van der Waals surface area (Å²) in [7, 11) is -4.16. The van der Waals surface area contributed by atoms with Crippen molar-refractivity contribution in [3.8, 4) is 0 Å². The second-order valence-electron chi connectivity index (χ2n) is 5.97. The number of sulfonamides is 1. The number of hydrogen-bond acceptors (Lipinski definition) is 5. The number of nitrogens with two attached hydrogens (primary N) is 1. The molecule has 1 aliphatic heterocycles. The third-order valence-corrected chi connectivity index (χ3v) is 4.88. The van der Waals surface area contributed by atoms with E-state index in [2.05, 4.69) is 10.6 Å². The van der Waals surface area contributed by atoms with E-state index in [0.29, 0.717) is 5.56 Å². The Hall–Kier alpha value is -3.31. The fourth-order valence-electron chi connectivity index (χ4n) is 2.66. The van der Waals surface area contributed by atoms with Crippen molar-refractivity contribution in [1.82, 2.24) is 10.2 Å². The Kier molecular flexibility index (Phi) is 5.12. The standard InChI is InChI=1S/C17H15FN4O5S/c18-11-5-12(7-13(6-11)28(19,26)27)21-16(24)14-4-2-1-3-10(14)9-22-15(23)8-20-17(22)25/h1-7H,8-9H2,(H,20,25)(H,21,24)(H2,19,26,27). The smallest absolute Gasteiger partial charge is 0.324 e. The normalized spacial score (nSPS) is 14.1. The first-order chi connectivity index (χ1) is 13.1. The zero-order chi connectivity index (χ0) is 20.5. The third-order valence-electron chi connectivity index (χ3n) is 3.99. The van der Waals surface area contributed by atoms with Crippen LogP contribution in [-0.4, -0.2) is 37.7 Å². The van der Waals surface area contributed by atoms with Gasteiger partial charge in [0.1, 0.15) is 5.82 Å². The summed E-state index contributed by atoms with van der Waals surface area (Å²) in [5, 5.41) is 9.77. The van der Waals surface area contributed by atoms with Gasteiger partial charge in [0.15, 0.2) is 0 Å². The van der Waals surface area contributed by atoms with Crippen molar-refractivity contribution in [3.05, 3.63) is 59.4 Å². The molecule has 4 amide bonds. The van der Waals surface area contributed by atoms with Crippen LogP contribution < -0.4 is 15.8 Å². The fourth-order valence-corrected chi connectivity index (χ4v) is 3.23. The highest BCUT2D eigenvalue weighted by Crippen LogP contribution is 2.20. The number of imide groups is 1. The molecule has 2 aromatic rings. The molecule has 11 heteroatoms. The predicted molar refractivity (Wildman–Crippen MR) is 96.1 cm³/mol. The first kappa shape index (κ1) is 19.5. The summed E-state index contributed by atoms with van der Waals surface area (Å²) in [5.74, 6) is -1.99. The lowest BCUT2D eigenvalue weighted by molar-refractivity contribution is -0.125. The van der Waals surface area contributed by atoms with E-state index in [-0.39, 0.29) is 24.3 Å². The van der Waals surface area contributed by atoms with E-state index in [1.54, 1.807) is 18.2 Å². The molecule has 0 aromatic heterocycles. The Bertz CT molecular complexity index is 1070. The molecule has 0 radical (unpaired) electrons. The topological polar surface area (TPSA) is 139 Å². The Balaban J connectivity index is 1.87. The highest BCUT2D eigenvalue weighted by atomic mass is 32.2. The maximum absolute atomic E-state index is 13.7. The number of carbonyl (C=O) groups is 3. The van der Waals surface area contributed by atoms with Gasteiger partial charge in [0, 0.05) is 11.3 Å². The number of benzene rings is 2. The molecule has 0 bridgehead atoms. The van der Waals surface area contributed by atoms with Crippen molar-refractivity contribution in [1.29, 1.82) is 0 Å². The molecule has 9 nitrogen and oxygen atoms in total. The molecule has 3 rings (SSSR count). The van der Waals surface area contributed by atoms with E-state index in [0.717, 1.165) is 23.1 Å². The van der Waals surface area contributed by atoms with Crippen LogP contribution in [0.25, 0.3) is 0 Å². The molecule has 28 heavy (non-hydrogen) atoms. The van der Waals surface area contributed by atoms with E-state index < -0.39 is 38.6 Å². The second kappa shape index (κ2) is 7.37. The molecule has 1 heterocycles. The van der Waals surface area contributed by atoms with Crippen LogP contribution in [0, 0.1) is 5.82 Å². The third kappa shape index (κ3) is 4.15. The Morgan fingerprint density at radius 3 is 2.57 bits per heavy atom. The number of primary sulfonamides is 1. The summed E-state index contributed by atoms with van der Waals surface area (Å²) in [4.78, 5) is 36.6. The van der Waals surface area contributed by atoms with E-state index in [9.17, 15) is 27.2 Å². The Morgan fingerprint density at radius 1 is 1.21 bits per heavy atom. The minimum absolute atomic E-state index is 0.112.